The molecule has 1 N–H and O–H groups in total. The van der Waals surface area contributed by atoms with E-state index in [2.05, 4.69) is 4.98 Å². The van der Waals surface area contributed by atoms with Gasteiger partial charge < -0.3 is 5.11 Å². The molecule has 0 spiro atoms. The van der Waals surface area contributed by atoms with Crippen molar-refractivity contribution in [3.8, 4) is 11.3 Å². The molecule has 7 heteroatoms. The summed E-state index contributed by atoms with van der Waals surface area (Å²) in [4.78, 5) is 30.8. The molecule has 1 aliphatic rings. The Balaban J connectivity index is 1.86. The number of rotatable bonds is 5. The first-order chi connectivity index (χ1) is 12.5. The molecule has 0 radical (unpaired) electrons. The number of carbonyl (C=O) groups excluding carboxylic acids is 1. The lowest BCUT2D eigenvalue weighted by molar-refractivity contribution is -0.148. The fourth-order valence-electron chi connectivity index (χ4n) is 3.49. The van der Waals surface area contributed by atoms with Gasteiger partial charge in [0, 0.05) is 22.5 Å². The van der Waals surface area contributed by atoms with E-state index in [-0.39, 0.29) is 5.91 Å². The number of hydrogen-bond donors (Lipinski definition) is 1. The van der Waals surface area contributed by atoms with Crippen LogP contribution in [0.5, 0.6) is 0 Å². The van der Waals surface area contributed by atoms with E-state index in [0.717, 1.165) is 24.1 Å². The van der Waals surface area contributed by atoms with Crippen LogP contribution in [0.1, 0.15) is 32.6 Å². The number of amides is 1. The summed E-state index contributed by atoms with van der Waals surface area (Å²) in [7, 11) is 0. The molecule has 1 heterocycles. The molecule has 0 bridgehead atoms. The summed E-state index contributed by atoms with van der Waals surface area (Å²) in [6.45, 7) is 2.34. The molecule has 3 rings (SSSR count). The summed E-state index contributed by atoms with van der Waals surface area (Å²) in [5.41, 5.74) is 1.54. The lowest BCUT2D eigenvalue weighted by Gasteiger charge is -2.31. The molecule has 0 saturated heterocycles. The number of benzene rings is 1. The summed E-state index contributed by atoms with van der Waals surface area (Å²) < 4.78 is 0. The Bertz CT molecular complexity index is 808. The monoisotopic (exact) mass is 392 g/mol. The third kappa shape index (κ3) is 3.76. The van der Waals surface area contributed by atoms with Gasteiger partial charge in [0.1, 0.15) is 0 Å². The van der Waals surface area contributed by atoms with Gasteiger partial charge in [0.25, 0.3) is 0 Å². The van der Waals surface area contributed by atoms with Gasteiger partial charge in [-0.25, -0.2) is 4.98 Å². The Morgan fingerprint density at radius 1 is 1.27 bits per heavy atom. The van der Waals surface area contributed by atoms with Crippen molar-refractivity contribution in [1.29, 1.82) is 0 Å². The van der Waals surface area contributed by atoms with E-state index in [1.54, 1.807) is 11.0 Å². The van der Waals surface area contributed by atoms with Gasteiger partial charge in [0.2, 0.25) is 5.91 Å². The lowest BCUT2D eigenvalue weighted by Crippen LogP contribution is -2.42. The average molecular weight is 393 g/mol. The Labute approximate surface area is 161 Å². The van der Waals surface area contributed by atoms with Crippen LogP contribution in [0.25, 0.3) is 11.3 Å². The van der Waals surface area contributed by atoms with Crippen molar-refractivity contribution in [2.75, 3.05) is 11.4 Å². The van der Waals surface area contributed by atoms with Crippen LogP contribution in [0.3, 0.4) is 0 Å². The van der Waals surface area contributed by atoms with Gasteiger partial charge in [-0.05, 0) is 25.8 Å². The van der Waals surface area contributed by atoms with E-state index in [1.165, 1.54) is 11.3 Å². The zero-order valence-electron chi connectivity index (χ0n) is 14.5. The van der Waals surface area contributed by atoms with Crippen LogP contribution < -0.4 is 4.90 Å². The van der Waals surface area contributed by atoms with E-state index in [0.29, 0.717) is 29.5 Å². The highest BCUT2D eigenvalue weighted by Crippen LogP contribution is 2.35. The molecule has 2 aromatic rings. The molecule has 1 saturated carbocycles. The second kappa shape index (κ2) is 8.18. The van der Waals surface area contributed by atoms with Crippen LogP contribution >= 0.6 is 22.9 Å². The zero-order valence-corrected chi connectivity index (χ0v) is 16.1. The first-order valence-corrected chi connectivity index (χ1v) is 10.0. The minimum absolute atomic E-state index is 0.139. The van der Waals surface area contributed by atoms with Crippen molar-refractivity contribution >= 4 is 39.9 Å². The SMILES string of the molecule is CCN(C(=O)[C@H]1CCCC[C@H]1C(=O)O)c1nc(-c2ccccc2Cl)cs1. The maximum Gasteiger partial charge on any atom is 0.307 e. The van der Waals surface area contributed by atoms with E-state index >= 15 is 0 Å². The Hall–Kier alpha value is -1.92. The van der Waals surface area contributed by atoms with Crippen molar-refractivity contribution in [2.24, 2.45) is 11.8 Å². The van der Waals surface area contributed by atoms with Crippen LogP contribution in [0, 0.1) is 11.8 Å². The van der Waals surface area contributed by atoms with Crippen LogP contribution in [0.4, 0.5) is 5.13 Å². The lowest BCUT2D eigenvalue weighted by atomic mass is 9.78. The molecule has 0 aliphatic heterocycles. The van der Waals surface area contributed by atoms with E-state index in [9.17, 15) is 14.7 Å². The largest absolute Gasteiger partial charge is 0.481 e. The van der Waals surface area contributed by atoms with Gasteiger partial charge in [-0.15, -0.1) is 11.3 Å². The second-order valence-corrected chi connectivity index (χ2v) is 7.66. The van der Waals surface area contributed by atoms with E-state index in [4.69, 9.17) is 11.6 Å². The van der Waals surface area contributed by atoms with Gasteiger partial charge in [0.15, 0.2) is 5.13 Å². The maximum atomic E-state index is 13.1. The molecule has 26 heavy (non-hydrogen) atoms. The smallest absolute Gasteiger partial charge is 0.307 e. The second-order valence-electron chi connectivity index (χ2n) is 6.41. The number of halogens is 1. The Morgan fingerprint density at radius 3 is 2.62 bits per heavy atom. The Kier molecular flexibility index (Phi) is 5.94. The molecular formula is C19H21ClN2O3S. The highest BCUT2D eigenvalue weighted by atomic mass is 35.5. The standard InChI is InChI=1S/C19H21ClN2O3S/c1-2-22(17(23)12-7-3-4-8-13(12)18(24)25)19-21-16(11-26-19)14-9-5-6-10-15(14)20/h5-6,9-13H,2-4,7-8H2,1H3,(H,24,25)/t12-,13+/m0/s1. The molecule has 1 aliphatic carbocycles. The third-order valence-electron chi connectivity index (χ3n) is 4.86. The summed E-state index contributed by atoms with van der Waals surface area (Å²) >= 11 is 7.61. The van der Waals surface area contributed by atoms with Crippen LogP contribution in [0.2, 0.25) is 5.02 Å². The predicted molar refractivity (Wildman–Crippen MR) is 104 cm³/mol. The maximum absolute atomic E-state index is 13.1. The number of anilines is 1. The van der Waals surface area contributed by atoms with Crippen molar-refractivity contribution in [3.63, 3.8) is 0 Å². The molecular weight excluding hydrogens is 372 g/mol. The highest BCUT2D eigenvalue weighted by Gasteiger charge is 2.38. The van der Waals surface area contributed by atoms with Gasteiger partial charge in [-0.2, -0.15) is 0 Å². The quantitative estimate of drug-likeness (QED) is 0.800. The molecule has 1 aromatic carbocycles. The van der Waals surface area contributed by atoms with Gasteiger partial charge >= 0.3 is 5.97 Å². The Morgan fingerprint density at radius 2 is 1.96 bits per heavy atom. The minimum Gasteiger partial charge on any atom is -0.481 e. The first-order valence-electron chi connectivity index (χ1n) is 8.77. The molecule has 0 unspecified atom stereocenters. The highest BCUT2D eigenvalue weighted by molar-refractivity contribution is 7.14. The van der Waals surface area contributed by atoms with Crippen LogP contribution in [-0.2, 0) is 9.59 Å². The number of carboxylic acid groups (broad SMARTS) is 1. The number of thiazole rings is 1. The first kappa shape index (κ1) is 18.9. The molecule has 138 valence electrons. The molecule has 5 nitrogen and oxygen atoms in total. The number of carboxylic acids is 1. The number of nitrogens with zero attached hydrogens (tertiary/aromatic N) is 2. The van der Waals surface area contributed by atoms with Gasteiger partial charge in [0.05, 0.1) is 17.5 Å². The van der Waals surface area contributed by atoms with E-state index < -0.39 is 17.8 Å². The number of aliphatic carboxylic acids is 1. The topological polar surface area (TPSA) is 70.5 Å². The zero-order chi connectivity index (χ0) is 18.7. The fourth-order valence-corrected chi connectivity index (χ4v) is 4.62. The average Bonchev–Trinajstić information content (AvgIpc) is 3.12. The normalized spacial score (nSPS) is 19.9. The summed E-state index contributed by atoms with van der Waals surface area (Å²) in [5.74, 6) is -2.10. The summed E-state index contributed by atoms with van der Waals surface area (Å²) in [6, 6.07) is 7.44. The molecule has 1 fully saturated rings. The number of carbonyl (C=O) groups is 2. The van der Waals surface area contributed by atoms with Crippen molar-refractivity contribution in [1.82, 2.24) is 4.98 Å². The molecule has 1 amide bonds. The number of hydrogen-bond acceptors (Lipinski definition) is 4. The summed E-state index contributed by atoms with van der Waals surface area (Å²) in [6.07, 6.45) is 2.93. The van der Waals surface area contributed by atoms with E-state index in [1.807, 2.05) is 30.5 Å². The van der Waals surface area contributed by atoms with Gasteiger partial charge in [-0.1, -0.05) is 42.6 Å². The molecule has 1 aromatic heterocycles. The fraction of sp³-hybridized carbons (Fsp3) is 0.421. The van der Waals surface area contributed by atoms with Crippen molar-refractivity contribution in [2.45, 2.75) is 32.6 Å². The third-order valence-corrected chi connectivity index (χ3v) is 6.05. The predicted octanol–water partition coefficient (Wildman–Crippen LogP) is 4.71. The van der Waals surface area contributed by atoms with Crippen LogP contribution in [-0.4, -0.2) is 28.5 Å². The van der Waals surface area contributed by atoms with Gasteiger partial charge in [-0.3, -0.25) is 14.5 Å². The summed E-state index contributed by atoms with van der Waals surface area (Å²) in [5, 5.41) is 12.5. The number of aromatic nitrogens is 1. The van der Waals surface area contributed by atoms with Crippen LogP contribution in [0.15, 0.2) is 29.6 Å². The van der Waals surface area contributed by atoms with Crippen molar-refractivity contribution < 1.29 is 14.7 Å². The minimum atomic E-state index is -0.880. The van der Waals surface area contributed by atoms with Crippen molar-refractivity contribution in [3.05, 3.63) is 34.7 Å². The molecule has 2 atom stereocenters.